The minimum Gasteiger partial charge on any atom is -0.467 e. The van der Waals surface area contributed by atoms with E-state index in [4.69, 9.17) is 13.9 Å². The molecule has 2 aromatic carbocycles. The van der Waals surface area contributed by atoms with Crippen LogP contribution in [-0.2, 0) is 19.6 Å². The number of nitrogens with one attached hydrogen (secondary N) is 1. The van der Waals surface area contributed by atoms with E-state index in [-0.39, 0.29) is 18.4 Å². The number of pyridine rings is 1. The summed E-state index contributed by atoms with van der Waals surface area (Å²) in [5, 5.41) is 13.6. The van der Waals surface area contributed by atoms with Gasteiger partial charge in [-0.15, -0.1) is 5.10 Å². The average molecular weight is 527 g/mol. The summed E-state index contributed by atoms with van der Waals surface area (Å²) in [5.41, 5.74) is 4.77. The zero-order valence-corrected chi connectivity index (χ0v) is 22.2. The summed E-state index contributed by atoms with van der Waals surface area (Å²) >= 11 is 0. The Balaban J connectivity index is 1.38. The van der Waals surface area contributed by atoms with Gasteiger partial charge in [-0.05, 0) is 95.2 Å². The molecule has 0 fully saturated rings. The number of aryl methyl sites for hydroxylation is 2. The first kappa shape index (κ1) is 24.9. The smallest absolute Gasteiger partial charge is 0.252 e. The predicted molar refractivity (Wildman–Crippen MR) is 145 cm³/mol. The number of hydrogen-bond donors (Lipinski definition) is 1. The molecule has 0 aliphatic carbocycles. The summed E-state index contributed by atoms with van der Waals surface area (Å²) in [7, 11) is 0. The number of hydrogen-bond acceptors (Lipinski definition) is 8. The lowest BCUT2D eigenvalue weighted by atomic mass is 10.0. The summed E-state index contributed by atoms with van der Waals surface area (Å²) < 4.78 is 18.4. The van der Waals surface area contributed by atoms with Crippen LogP contribution in [0.1, 0.15) is 53.2 Å². The minimum absolute atomic E-state index is 0.105. The van der Waals surface area contributed by atoms with E-state index < -0.39 is 0 Å². The van der Waals surface area contributed by atoms with Crippen molar-refractivity contribution in [2.75, 3.05) is 6.79 Å². The lowest BCUT2D eigenvalue weighted by Gasteiger charge is -2.30. The number of H-pyrrole nitrogens is 1. The first-order valence-corrected chi connectivity index (χ1v) is 13.0. The molecule has 1 N–H and O–H groups in total. The number of furan rings is 1. The van der Waals surface area contributed by atoms with Gasteiger partial charge in [0.2, 0.25) is 6.79 Å². The Morgan fingerprint density at radius 3 is 2.72 bits per heavy atom. The second-order valence-corrected chi connectivity index (χ2v) is 9.94. The second-order valence-electron chi connectivity index (χ2n) is 9.94. The molecule has 1 aliphatic heterocycles. The van der Waals surface area contributed by atoms with Crippen LogP contribution < -0.4 is 15.0 Å². The molecule has 200 valence electrons. The molecule has 1 aliphatic rings. The van der Waals surface area contributed by atoms with Gasteiger partial charge in [-0.25, -0.2) is 4.68 Å². The van der Waals surface area contributed by atoms with E-state index in [1.54, 1.807) is 10.9 Å². The summed E-state index contributed by atoms with van der Waals surface area (Å²) in [6.07, 6.45) is 2.37. The zero-order chi connectivity index (χ0) is 26.9. The minimum atomic E-state index is -0.171. The molecule has 5 aromatic rings. The largest absolute Gasteiger partial charge is 0.467 e. The van der Waals surface area contributed by atoms with Crippen LogP contribution >= 0.6 is 0 Å². The molecule has 6 rings (SSSR count). The number of nitrogens with zero attached hydrogens (tertiary/aromatic N) is 5. The van der Waals surface area contributed by atoms with E-state index in [1.807, 2.05) is 49.4 Å². The van der Waals surface area contributed by atoms with Gasteiger partial charge in [0.1, 0.15) is 12.3 Å². The van der Waals surface area contributed by atoms with Crippen LogP contribution in [-0.4, -0.2) is 36.9 Å². The number of ether oxygens (including phenoxy) is 2. The monoisotopic (exact) mass is 526 g/mol. The maximum Gasteiger partial charge on any atom is 0.252 e. The Morgan fingerprint density at radius 1 is 1.05 bits per heavy atom. The van der Waals surface area contributed by atoms with Crippen molar-refractivity contribution in [2.45, 2.75) is 52.9 Å². The number of aromatic nitrogens is 5. The van der Waals surface area contributed by atoms with Crippen molar-refractivity contribution in [3.8, 4) is 11.5 Å². The van der Waals surface area contributed by atoms with E-state index >= 15 is 0 Å². The van der Waals surface area contributed by atoms with E-state index in [1.165, 1.54) is 5.56 Å². The molecule has 0 saturated heterocycles. The van der Waals surface area contributed by atoms with Crippen LogP contribution in [0.25, 0.3) is 10.9 Å². The van der Waals surface area contributed by atoms with Crippen molar-refractivity contribution in [2.24, 2.45) is 0 Å². The molecule has 0 saturated carbocycles. The van der Waals surface area contributed by atoms with Gasteiger partial charge in [0, 0.05) is 24.2 Å². The fourth-order valence-electron chi connectivity index (χ4n) is 5.13. The predicted octanol–water partition coefficient (Wildman–Crippen LogP) is 4.65. The van der Waals surface area contributed by atoms with Crippen molar-refractivity contribution in [3.63, 3.8) is 0 Å². The van der Waals surface area contributed by atoms with E-state index in [2.05, 4.69) is 45.3 Å². The van der Waals surface area contributed by atoms with Crippen molar-refractivity contribution < 1.29 is 13.9 Å². The average Bonchev–Trinajstić information content (AvgIpc) is 3.69. The van der Waals surface area contributed by atoms with Crippen LogP contribution in [0.3, 0.4) is 0 Å². The third-order valence-electron chi connectivity index (χ3n) is 7.30. The van der Waals surface area contributed by atoms with Gasteiger partial charge in [-0.3, -0.25) is 9.69 Å². The molecule has 1 atom stereocenters. The number of aromatic amines is 1. The summed E-state index contributed by atoms with van der Waals surface area (Å²) in [5.74, 6) is 2.92. The quantitative estimate of drug-likeness (QED) is 0.295. The highest BCUT2D eigenvalue weighted by Gasteiger charge is 2.27. The Hall–Kier alpha value is -4.44. The van der Waals surface area contributed by atoms with Gasteiger partial charge in [-0.1, -0.05) is 13.0 Å². The van der Waals surface area contributed by atoms with Crippen LogP contribution in [0.15, 0.2) is 64.0 Å². The van der Waals surface area contributed by atoms with Crippen molar-refractivity contribution >= 4 is 10.9 Å². The molecular weight excluding hydrogens is 496 g/mol. The van der Waals surface area contributed by atoms with Gasteiger partial charge in [-0.2, -0.15) is 0 Å². The molecule has 10 heteroatoms. The first-order valence-electron chi connectivity index (χ1n) is 13.0. The Morgan fingerprint density at radius 2 is 1.90 bits per heavy atom. The number of benzene rings is 2. The van der Waals surface area contributed by atoms with Crippen LogP contribution in [0.2, 0.25) is 0 Å². The third-order valence-corrected chi connectivity index (χ3v) is 7.30. The van der Waals surface area contributed by atoms with E-state index in [0.717, 1.165) is 45.7 Å². The van der Waals surface area contributed by atoms with Gasteiger partial charge in [0.05, 0.1) is 12.3 Å². The summed E-state index contributed by atoms with van der Waals surface area (Å²) in [6, 6.07) is 15.6. The first-order chi connectivity index (χ1) is 19.0. The molecule has 39 heavy (non-hydrogen) atoms. The fraction of sp³-hybridized carbons (Fsp3) is 0.310. The van der Waals surface area contributed by atoms with Crippen molar-refractivity contribution in [3.05, 3.63) is 99.0 Å². The zero-order valence-electron chi connectivity index (χ0n) is 22.2. The SMILES string of the molecule is CCC(c1nnnn1Cc1ccco1)N(Cc1ccc2c(c1)OCO2)Cc1cc2cc(C)c(C)cc2[nH]c1=O. The molecule has 3 aromatic heterocycles. The van der Waals surface area contributed by atoms with Crippen LogP contribution in [0, 0.1) is 13.8 Å². The third kappa shape index (κ3) is 5.03. The molecule has 0 amide bonds. The number of rotatable bonds is 9. The molecule has 10 nitrogen and oxygen atoms in total. The van der Waals surface area contributed by atoms with Crippen molar-refractivity contribution in [1.29, 1.82) is 0 Å². The van der Waals surface area contributed by atoms with Gasteiger partial charge in [0.25, 0.3) is 5.56 Å². The normalized spacial score (nSPS) is 13.4. The molecule has 0 spiro atoms. The van der Waals surface area contributed by atoms with Crippen molar-refractivity contribution in [1.82, 2.24) is 30.1 Å². The van der Waals surface area contributed by atoms with E-state index in [9.17, 15) is 4.79 Å². The topological polar surface area (TPSA) is 111 Å². The lowest BCUT2D eigenvalue weighted by molar-refractivity contribution is 0.160. The standard InChI is InChI=1S/C29H30N6O4/c1-4-25(28-31-32-33-35(28)16-23-6-5-9-37-23)34(14-20-7-8-26-27(12-20)39-17-38-26)15-22-13-21-10-18(2)19(3)11-24(21)30-29(22)36/h5-13,25H,4,14-17H2,1-3H3,(H,30,36). The highest BCUT2D eigenvalue weighted by Crippen LogP contribution is 2.34. The van der Waals surface area contributed by atoms with Gasteiger partial charge in [0.15, 0.2) is 17.3 Å². The maximum absolute atomic E-state index is 13.3. The Bertz CT molecular complexity index is 1670. The molecule has 0 bridgehead atoms. The maximum atomic E-state index is 13.3. The molecule has 4 heterocycles. The van der Waals surface area contributed by atoms with Crippen LogP contribution in [0.4, 0.5) is 0 Å². The van der Waals surface area contributed by atoms with Gasteiger partial charge < -0.3 is 18.9 Å². The Labute approximate surface area is 225 Å². The molecule has 1 unspecified atom stereocenters. The molecular formula is C29H30N6O4. The van der Waals surface area contributed by atoms with Crippen LogP contribution in [0.5, 0.6) is 11.5 Å². The van der Waals surface area contributed by atoms with Gasteiger partial charge >= 0.3 is 0 Å². The summed E-state index contributed by atoms with van der Waals surface area (Å²) in [6.45, 7) is 7.81. The Kier molecular flexibility index (Phi) is 6.62. The van der Waals surface area contributed by atoms with E-state index in [0.29, 0.717) is 31.0 Å². The highest BCUT2D eigenvalue weighted by atomic mass is 16.7. The highest BCUT2D eigenvalue weighted by molar-refractivity contribution is 5.80. The molecule has 0 radical (unpaired) electrons. The fourth-order valence-corrected chi connectivity index (χ4v) is 5.13. The summed E-state index contributed by atoms with van der Waals surface area (Å²) in [4.78, 5) is 18.6. The lowest BCUT2D eigenvalue weighted by Crippen LogP contribution is -2.32. The number of fused-ring (bicyclic) bond motifs is 2. The number of tetrazole rings is 1. The second kappa shape index (κ2) is 10.4.